The summed E-state index contributed by atoms with van der Waals surface area (Å²) in [7, 11) is 3.54. The van der Waals surface area contributed by atoms with Crippen LogP contribution in [-0.4, -0.2) is 47.5 Å². The Morgan fingerprint density at radius 3 is 2.14 bits per heavy atom. The van der Waals surface area contributed by atoms with Crippen molar-refractivity contribution in [2.45, 2.75) is 18.8 Å². The van der Waals surface area contributed by atoms with Gasteiger partial charge in [0.25, 0.3) is 0 Å². The van der Waals surface area contributed by atoms with Crippen LogP contribution in [-0.2, 0) is 28.9 Å². The molecule has 2 aromatic carbocycles. The van der Waals surface area contributed by atoms with Crippen molar-refractivity contribution in [1.82, 2.24) is 14.9 Å². The quantitative estimate of drug-likeness (QED) is 0.519. The molecule has 0 saturated carbocycles. The van der Waals surface area contributed by atoms with Crippen LogP contribution >= 0.6 is 0 Å². The minimum absolute atomic E-state index is 0.0243. The normalized spacial score (nSPS) is 11.9. The van der Waals surface area contributed by atoms with Crippen LogP contribution in [0, 0.1) is 0 Å². The number of hydrogen-bond donors (Lipinski definition) is 2. The van der Waals surface area contributed by atoms with Gasteiger partial charge in [-0.15, -0.1) is 0 Å². The van der Waals surface area contributed by atoms with E-state index in [9.17, 15) is 8.42 Å². The van der Waals surface area contributed by atoms with Gasteiger partial charge in [0.05, 0.1) is 12.9 Å². The molecule has 2 rings (SSSR count). The maximum atomic E-state index is 11.6. The fraction of sp³-hybridized carbons (Fsp3) is 0.350. The maximum absolute atomic E-state index is 11.6. The van der Waals surface area contributed by atoms with Gasteiger partial charge in [0.15, 0.2) is 5.96 Å². The monoisotopic (exact) mass is 404 g/mol. The summed E-state index contributed by atoms with van der Waals surface area (Å²) in [5.74, 6) is 1.58. The Bertz CT molecular complexity index is 879. The van der Waals surface area contributed by atoms with Gasteiger partial charge in [-0.1, -0.05) is 36.4 Å². The van der Waals surface area contributed by atoms with Gasteiger partial charge in [-0.3, -0.25) is 4.99 Å². The van der Waals surface area contributed by atoms with Crippen LogP contribution in [0.5, 0.6) is 5.75 Å². The van der Waals surface area contributed by atoms with Crippen molar-refractivity contribution in [2.75, 3.05) is 28.3 Å². The molecule has 0 saturated heterocycles. The van der Waals surface area contributed by atoms with Gasteiger partial charge in [0.1, 0.15) is 5.75 Å². The molecule has 0 aliphatic heterocycles. The number of guanidine groups is 1. The van der Waals surface area contributed by atoms with Crippen LogP contribution in [0.4, 0.5) is 0 Å². The van der Waals surface area contributed by atoms with Gasteiger partial charge in [-0.2, -0.15) is 0 Å². The summed E-state index contributed by atoms with van der Waals surface area (Å²) < 4.78 is 30.7. The number of hydrogen-bond acceptors (Lipinski definition) is 4. The van der Waals surface area contributed by atoms with Crippen LogP contribution in [0.2, 0.25) is 0 Å². The molecule has 0 fully saturated rings. The maximum Gasteiger partial charge on any atom is 0.215 e. The summed E-state index contributed by atoms with van der Waals surface area (Å²) in [6.45, 7) is 1.31. The zero-order valence-corrected chi connectivity index (χ0v) is 17.6. The molecule has 0 aliphatic rings. The van der Waals surface area contributed by atoms with E-state index >= 15 is 0 Å². The predicted octanol–water partition coefficient (Wildman–Crippen LogP) is 1.95. The summed E-state index contributed by atoms with van der Waals surface area (Å²) in [5.41, 5.74) is 2.95. The molecule has 0 amide bonds. The molecule has 28 heavy (non-hydrogen) atoms. The highest BCUT2D eigenvalue weighted by Crippen LogP contribution is 2.13. The number of nitrogens with one attached hydrogen (secondary N) is 2. The summed E-state index contributed by atoms with van der Waals surface area (Å²) in [5, 5.41) is 3.33. The van der Waals surface area contributed by atoms with Crippen molar-refractivity contribution in [1.29, 1.82) is 0 Å². The highest BCUT2D eigenvalue weighted by atomic mass is 32.2. The van der Waals surface area contributed by atoms with E-state index in [1.54, 1.807) is 14.2 Å². The minimum atomic E-state index is -3.26. The Morgan fingerprint density at radius 2 is 1.61 bits per heavy atom. The molecule has 0 aromatic heterocycles. The van der Waals surface area contributed by atoms with Crippen LogP contribution in [0.3, 0.4) is 0 Å². The standard InChI is InChI=1S/C20H28N4O3S/c1-21-20(24(3)14-17-9-11-19(27-4)12-10-17)23-13-16-5-7-18(8-6-16)15-28(25,26)22-2/h5-12,22H,13-15H2,1-4H3,(H,21,23). The van der Waals surface area contributed by atoms with Crippen molar-refractivity contribution in [2.24, 2.45) is 4.99 Å². The van der Waals surface area contributed by atoms with Crippen molar-refractivity contribution in [3.63, 3.8) is 0 Å². The Labute approximate surface area is 167 Å². The van der Waals surface area contributed by atoms with Crippen molar-refractivity contribution in [3.8, 4) is 5.75 Å². The average molecular weight is 405 g/mol. The van der Waals surface area contributed by atoms with Crippen molar-refractivity contribution < 1.29 is 13.2 Å². The zero-order chi connectivity index (χ0) is 20.6. The molecule has 0 atom stereocenters. The summed E-state index contributed by atoms with van der Waals surface area (Å²) in [4.78, 5) is 6.37. The van der Waals surface area contributed by atoms with Gasteiger partial charge in [0.2, 0.25) is 10.0 Å². The molecule has 0 unspecified atom stereocenters. The highest BCUT2D eigenvalue weighted by Gasteiger charge is 2.09. The molecular formula is C20H28N4O3S. The molecule has 2 aromatic rings. The first-order valence-electron chi connectivity index (χ1n) is 8.90. The Kier molecular flexibility index (Phi) is 7.83. The molecule has 2 N–H and O–H groups in total. The second-order valence-corrected chi connectivity index (χ2v) is 8.31. The number of methoxy groups -OCH3 is 1. The highest BCUT2D eigenvalue weighted by molar-refractivity contribution is 7.88. The fourth-order valence-electron chi connectivity index (χ4n) is 2.69. The van der Waals surface area contributed by atoms with Crippen molar-refractivity contribution in [3.05, 3.63) is 65.2 Å². The van der Waals surface area contributed by atoms with Gasteiger partial charge in [0, 0.05) is 27.2 Å². The fourth-order valence-corrected chi connectivity index (χ4v) is 3.47. The Balaban J connectivity index is 1.91. The van der Waals surface area contributed by atoms with E-state index in [2.05, 4.69) is 15.0 Å². The van der Waals surface area contributed by atoms with Gasteiger partial charge in [-0.05, 0) is 35.9 Å². The molecule has 0 heterocycles. The number of rotatable bonds is 8. The zero-order valence-electron chi connectivity index (χ0n) is 16.8. The van der Waals surface area contributed by atoms with Crippen LogP contribution in [0.25, 0.3) is 0 Å². The third-order valence-corrected chi connectivity index (χ3v) is 5.63. The molecule has 7 nitrogen and oxygen atoms in total. The van der Waals surface area contributed by atoms with E-state index in [1.165, 1.54) is 7.05 Å². The lowest BCUT2D eigenvalue weighted by Gasteiger charge is -2.22. The van der Waals surface area contributed by atoms with E-state index in [0.29, 0.717) is 13.1 Å². The van der Waals surface area contributed by atoms with E-state index < -0.39 is 10.0 Å². The first kappa shape index (κ1) is 21.7. The van der Waals surface area contributed by atoms with E-state index in [0.717, 1.165) is 28.4 Å². The van der Waals surface area contributed by atoms with Crippen LogP contribution in [0.1, 0.15) is 16.7 Å². The van der Waals surface area contributed by atoms with Gasteiger partial charge >= 0.3 is 0 Å². The summed E-state index contributed by atoms with van der Waals surface area (Å²) in [6.07, 6.45) is 0. The molecule has 0 spiro atoms. The summed E-state index contributed by atoms with van der Waals surface area (Å²) in [6, 6.07) is 15.4. The molecule has 8 heteroatoms. The molecular weight excluding hydrogens is 376 g/mol. The smallest absolute Gasteiger partial charge is 0.215 e. The first-order chi connectivity index (χ1) is 13.4. The Hall–Kier alpha value is -2.58. The number of aliphatic imine (C=N–C) groups is 1. The topological polar surface area (TPSA) is 83.0 Å². The SMILES string of the molecule is CN=C(NCc1ccc(CS(=O)(=O)NC)cc1)N(C)Cc1ccc(OC)cc1. The predicted molar refractivity (Wildman–Crippen MR) is 113 cm³/mol. The number of benzene rings is 2. The van der Waals surface area contributed by atoms with Crippen molar-refractivity contribution >= 4 is 16.0 Å². The van der Waals surface area contributed by atoms with Gasteiger partial charge in [-0.25, -0.2) is 13.1 Å². The molecule has 0 radical (unpaired) electrons. The molecule has 0 aliphatic carbocycles. The molecule has 152 valence electrons. The lowest BCUT2D eigenvalue weighted by atomic mass is 10.1. The van der Waals surface area contributed by atoms with Gasteiger partial charge < -0.3 is 15.0 Å². The third kappa shape index (κ3) is 6.54. The minimum Gasteiger partial charge on any atom is -0.497 e. The van der Waals surface area contributed by atoms with Crippen LogP contribution < -0.4 is 14.8 Å². The second-order valence-electron chi connectivity index (χ2n) is 6.38. The first-order valence-corrected chi connectivity index (χ1v) is 10.6. The second kappa shape index (κ2) is 10.1. The average Bonchev–Trinajstić information content (AvgIpc) is 2.70. The van der Waals surface area contributed by atoms with Crippen LogP contribution in [0.15, 0.2) is 53.5 Å². The lowest BCUT2D eigenvalue weighted by molar-refractivity contribution is 0.414. The number of ether oxygens (including phenoxy) is 1. The Morgan fingerprint density at radius 1 is 1.04 bits per heavy atom. The van der Waals surface area contributed by atoms with E-state index in [1.807, 2.05) is 60.5 Å². The third-order valence-electron chi connectivity index (χ3n) is 4.29. The summed E-state index contributed by atoms with van der Waals surface area (Å²) >= 11 is 0. The lowest BCUT2D eigenvalue weighted by Crippen LogP contribution is -2.38. The number of sulfonamides is 1. The van der Waals surface area contributed by atoms with E-state index in [4.69, 9.17) is 4.74 Å². The number of nitrogens with zero attached hydrogens (tertiary/aromatic N) is 2. The van der Waals surface area contributed by atoms with E-state index in [-0.39, 0.29) is 5.75 Å². The largest absolute Gasteiger partial charge is 0.497 e. The molecule has 0 bridgehead atoms.